The highest BCUT2D eigenvalue weighted by molar-refractivity contribution is 6.32. The van der Waals surface area contributed by atoms with Crippen LogP contribution in [0.1, 0.15) is 20.8 Å². The lowest BCUT2D eigenvalue weighted by atomic mass is 10.2. The predicted octanol–water partition coefficient (Wildman–Crippen LogP) is 2.57. The molecule has 0 aliphatic carbocycles. The molecular formula is C14H17ClFNO4. The SMILES string of the molecule is CC(Oc1ccc(F)cc1Cl)C(=O)N(CC(=O)O)C(C)C. The Labute approximate surface area is 127 Å². The van der Waals surface area contributed by atoms with Gasteiger partial charge in [-0.2, -0.15) is 0 Å². The fourth-order valence-corrected chi connectivity index (χ4v) is 1.92. The first-order chi connectivity index (χ1) is 9.72. The van der Waals surface area contributed by atoms with E-state index in [1.165, 1.54) is 17.9 Å². The van der Waals surface area contributed by atoms with Crippen LogP contribution in [0, 0.1) is 5.82 Å². The zero-order valence-electron chi connectivity index (χ0n) is 12.0. The Kier molecular flexibility index (Phi) is 5.96. The second-order valence-electron chi connectivity index (χ2n) is 4.79. The molecule has 21 heavy (non-hydrogen) atoms. The van der Waals surface area contributed by atoms with E-state index < -0.39 is 30.3 Å². The lowest BCUT2D eigenvalue weighted by Gasteiger charge is -2.28. The Balaban J connectivity index is 2.83. The van der Waals surface area contributed by atoms with Crippen LogP contribution < -0.4 is 4.74 Å². The quantitative estimate of drug-likeness (QED) is 0.875. The van der Waals surface area contributed by atoms with Gasteiger partial charge in [-0.1, -0.05) is 11.6 Å². The molecule has 0 bridgehead atoms. The monoisotopic (exact) mass is 317 g/mol. The highest BCUT2D eigenvalue weighted by Gasteiger charge is 2.26. The minimum absolute atomic E-state index is 0.0454. The topological polar surface area (TPSA) is 66.8 Å². The minimum atomic E-state index is -1.11. The minimum Gasteiger partial charge on any atom is -0.480 e. The summed E-state index contributed by atoms with van der Waals surface area (Å²) in [4.78, 5) is 24.2. The number of hydrogen-bond donors (Lipinski definition) is 1. The van der Waals surface area contributed by atoms with Gasteiger partial charge in [0.15, 0.2) is 6.10 Å². The fraction of sp³-hybridized carbons (Fsp3) is 0.429. The molecule has 0 aliphatic rings. The third kappa shape index (κ3) is 4.90. The zero-order valence-corrected chi connectivity index (χ0v) is 12.7. The van der Waals surface area contributed by atoms with E-state index in [4.69, 9.17) is 21.4 Å². The number of benzene rings is 1. The van der Waals surface area contributed by atoms with Crippen LogP contribution in [-0.4, -0.2) is 40.6 Å². The van der Waals surface area contributed by atoms with Gasteiger partial charge in [0.25, 0.3) is 5.91 Å². The first kappa shape index (κ1) is 17.2. The molecule has 0 aromatic heterocycles. The van der Waals surface area contributed by atoms with Gasteiger partial charge in [0.1, 0.15) is 18.1 Å². The normalized spacial score (nSPS) is 12.1. The summed E-state index contributed by atoms with van der Waals surface area (Å²) in [5, 5.41) is 8.88. The molecule has 1 rings (SSSR count). The molecule has 1 unspecified atom stereocenters. The smallest absolute Gasteiger partial charge is 0.323 e. The van der Waals surface area contributed by atoms with Crippen molar-refractivity contribution < 1.29 is 23.8 Å². The van der Waals surface area contributed by atoms with Crippen LogP contribution in [0.25, 0.3) is 0 Å². The molecule has 1 amide bonds. The molecule has 1 atom stereocenters. The molecular weight excluding hydrogens is 301 g/mol. The van der Waals surface area contributed by atoms with Gasteiger partial charge < -0.3 is 14.7 Å². The number of amides is 1. The number of carbonyl (C=O) groups is 2. The molecule has 5 nitrogen and oxygen atoms in total. The Hall–Kier alpha value is -1.82. The molecule has 0 aliphatic heterocycles. The standard InChI is InChI=1S/C14H17ClFNO4/c1-8(2)17(7-13(18)19)14(20)9(3)21-12-5-4-10(16)6-11(12)15/h4-6,8-9H,7H2,1-3H3,(H,18,19). The average molecular weight is 318 g/mol. The van der Waals surface area contributed by atoms with Gasteiger partial charge in [0.05, 0.1) is 5.02 Å². The van der Waals surface area contributed by atoms with Crippen LogP contribution in [0.15, 0.2) is 18.2 Å². The summed E-state index contributed by atoms with van der Waals surface area (Å²) in [6.07, 6.45) is -0.935. The highest BCUT2D eigenvalue weighted by Crippen LogP contribution is 2.26. The van der Waals surface area contributed by atoms with Gasteiger partial charge in [0, 0.05) is 6.04 Å². The third-order valence-corrected chi connectivity index (χ3v) is 3.05. The fourth-order valence-electron chi connectivity index (χ4n) is 1.71. The Morgan fingerprint density at radius 3 is 2.48 bits per heavy atom. The molecule has 0 heterocycles. The molecule has 116 valence electrons. The molecule has 0 saturated heterocycles. The molecule has 1 N–H and O–H groups in total. The van der Waals surface area contributed by atoms with Crippen molar-refractivity contribution in [3.8, 4) is 5.75 Å². The van der Waals surface area contributed by atoms with E-state index >= 15 is 0 Å². The second-order valence-corrected chi connectivity index (χ2v) is 5.20. The predicted molar refractivity (Wildman–Crippen MR) is 76.0 cm³/mol. The number of aliphatic carboxylic acids is 1. The summed E-state index contributed by atoms with van der Waals surface area (Å²) in [6.45, 7) is 4.48. The van der Waals surface area contributed by atoms with E-state index in [0.29, 0.717) is 0 Å². The number of rotatable bonds is 6. The van der Waals surface area contributed by atoms with Crippen molar-refractivity contribution in [2.24, 2.45) is 0 Å². The Morgan fingerprint density at radius 2 is 2.00 bits per heavy atom. The maximum absolute atomic E-state index is 12.9. The first-order valence-corrected chi connectivity index (χ1v) is 6.74. The van der Waals surface area contributed by atoms with E-state index in [1.807, 2.05) is 0 Å². The van der Waals surface area contributed by atoms with Gasteiger partial charge in [-0.05, 0) is 39.0 Å². The maximum atomic E-state index is 12.9. The third-order valence-electron chi connectivity index (χ3n) is 2.76. The summed E-state index contributed by atoms with van der Waals surface area (Å²) in [7, 11) is 0. The number of ether oxygens (including phenoxy) is 1. The maximum Gasteiger partial charge on any atom is 0.323 e. The number of carbonyl (C=O) groups excluding carboxylic acids is 1. The van der Waals surface area contributed by atoms with Gasteiger partial charge in [-0.3, -0.25) is 9.59 Å². The van der Waals surface area contributed by atoms with Crippen LogP contribution in [-0.2, 0) is 9.59 Å². The van der Waals surface area contributed by atoms with Crippen LogP contribution >= 0.6 is 11.6 Å². The molecule has 0 spiro atoms. The second kappa shape index (κ2) is 7.26. The van der Waals surface area contributed by atoms with Crippen LogP contribution in [0.2, 0.25) is 5.02 Å². The summed E-state index contributed by atoms with van der Waals surface area (Å²) < 4.78 is 18.3. The Bertz CT molecular complexity index is 536. The first-order valence-electron chi connectivity index (χ1n) is 6.36. The number of halogens is 2. The van der Waals surface area contributed by atoms with Crippen molar-refractivity contribution in [3.63, 3.8) is 0 Å². The highest BCUT2D eigenvalue weighted by atomic mass is 35.5. The van der Waals surface area contributed by atoms with E-state index in [9.17, 15) is 14.0 Å². The van der Waals surface area contributed by atoms with Crippen molar-refractivity contribution >= 4 is 23.5 Å². The van der Waals surface area contributed by atoms with Gasteiger partial charge in [-0.25, -0.2) is 4.39 Å². The average Bonchev–Trinajstić information content (AvgIpc) is 2.37. The van der Waals surface area contributed by atoms with Crippen LogP contribution in [0.3, 0.4) is 0 Å². The number of hydrogen-bond acceptors (Lipinski definition) is 3. The summed E-state index contributed by atoms with van der Waals surface area (Å²) in [5.41, 5.74) is 0. The van der Waals surface area contributed by atoms with Gasteiger partial charge >= 0.3 is 5.97 Å². The van der Waals surface area contributed by atoms with Gasteiger partial charge in [0.2, 0.25) is 0 Å². The molecule has 0 radical (unpaired) electrons. The lowest BCUT2D eigenvalue weighted by Crippen LogP contribution is -2.46. The number of carboxylic acid groups (broad SMARTS) is 1. The van der Waals surface area contributed by atoms with Crippen LogP contribution in [0.4, 0.5) is 4.39 Å². The van der Waals surface area contributed by atoms with Crippen LogP contribution in [0.5, 0.6) is 5.75 Å². The molecule has 0 fully saturated rings. The van der Waals surface area contributed by atoms with E-state index in [2.05, 4.69) is 0 Å². The van der Waals surface area contributed by atoms with E-state index in [1.54, 1.807) is 13.8 Å². The van der Waals surface area contributed by atoms with Crippen molar-refractivity contribution in [3.05, 3.63) is 29.0 Å². The summed E-state index contributed by atoms with van der Waals surface area (Å²) >= 11 is 5.82. The molecule has 1 aromatic carbocycles. The van der Waals surface area contributed by atoms with Gasteiger partial charge in [-0.15, -0.1) is 0 Å². The molecule has 1 aromatic rings. The molecule has 0 saturated carbocycles. The largest absolute Gasteiger partial charge is 0.480 e. The molecule has 7 heteroatoms. The van der Waals surface area contributed by atoms with Crippen molar-refractivity contribution in [2.75, 3.05) is 6.54 Å². The van der Waals surface area contributed by atoms with Crippen molar-refractivity contribution in [1.82, 2.24) is 4.90 Å². The number of nitrogens with zero attached hydrogens (tertiary/aromatic N) is 1. The summed E-state index contributed by atoms with van der Waals surface area (Å²) in [6, 6.07) is 3.27. The van der Waals surface area contributed by atoms with E-state index in [-0.39, 0.29) is 16.8 Å². The lowest BCUT2D eigenvalue weighted by molar-refractivity contribution is -0.149. The summed E-state index contributed by atoms with van der Waals surface area (Å²) in [5.74, 6) is -1.93. The Morgan fingerprint density at radius 1 is 1.38 bits per heavy atom. The van der Waals surface area contributed by atoms with Crippen molar-refractivity contribution in [1.29, 1.82) is 0 Å². The van der Waals surface area contributed by atoms with E-state index in [0.717, 1.165) is 12.1 Å². The van der Waals surface area contributed by atoms with Crippen molar-refractivity contribution in [2.45, 2.75) is 32.9 Å². The number of carboxylic acids is 1. The zero-order chi connectivity index (χ0) is 16.2.